The summed E-state index contributed by atoms with van der Waals surface area (Å²) in [4.78, 5) is 24.3. The van der Waals surface area contributed by atoms with Gasteiger partial charge >= 0.3 is 6.03 Å². The molecule has 176 valence electrons. The number of benzene rings is 1. The summed E-state index contributed by atoms with van der Waals surface area (Å²) in [5, 5.41) is 3.39. The van der Waals surface area contributed by atoms with Crippen LogP contribution in [0.15, 0.2) is 48.7 Å². The van der Waals surface area contributed by atoms with Crippen molar-refractivity contribution in [2.45, 2.75) is 62.6 Å². The normalized spacial score (nSPS) is 27.9. The topological polar surface area (TPSA) is 51.7 Å². The number of nitrogens with one attached hydrogen (secondary N) is 1. The van der Waals surface area contributed by atoms with Gasteiger partial charge in [-0.05, 0) is 82.3 Å². The van der Waals surface area contributed by atoms with Crippen LogP contribution < -0.4 is 10.2 Å². The zero-order chi connectivity index (χ0) is 22.9. The van der Waals surface area contributed by atoms with Gasteiger partial charge in [0.1, 0.15) is 5.82 Å². The van der Waals surface area contributed by atoms with Gasteiger partial charge < -0.3 is 15.1 Å². The Bertz CT molecular complexity index is 961. The SMILES string of the molecule is CN(C)[C@]1(c2ccccc2)CC[C@]2(CC1)CN(Cc1ccnc(N3CCCCC3)c1)C(=O)N2. The number of aromatic nitrogens is 1. The van der Waals surface area contributed by atoms with E-state index in [1.807, 2.05) is 11.1 Å². The number of carbonyl (C=O) groups is 1. The molecule has 3 heterocycles. The van der Waals surface area contributed by atoms with Gasteiger partial charge in [-0.25, -0.2) is 9.78 Å². The van der Waals surface area contributed by atoms with Gasteiger partial charge in [0.15, 0.2) is 0 Å². The average Bonchev–Trinajstić information content (AvgIpc) is 3.15. The number of urea groups is 1. The predicted molar refractivity (Wildman–Crippen MR) is 132 cm³/mol. The van der Waals surface area contributed by atoms with Gasteiger partial charge in [0.25, 0.3) is 0 Å². The minimum absolute atomic E-state index is 0.0408. The summed E-state index contributed by atoms with van der Waals surface area (Å²) in [7, 11) is 4.38. The van der Waals surface area contributed by atoms with Gasteiger partial charge in [0.05, 0.1) is 5.54 Å². The van der Waals surface area contributed by atoms with Crippen molar-refractivity contribution in [3.8, 4) is 0 Å². The molecule has 1 aromatic carbocycles. The minimum Gasteiger partial charge on any atom is -0.357 e. The smallest absolute Gasteiger partial charge is 0.318 e. The van der Waals surface area contributed by atoms with E-state index in [9.17, 15) is 4.79 Å². The lowest BCUT2D eigenvalue weighted by Crippen LogP contribution is -2.54. The van der Waals surface area contributed by atoms with Crippen molar-refractivity contribution in [1.29, 1.82) is 0 Å². The fourth-order valence-corrected chi connectivity index (χ4v) is 6.15. The molecule has 1 spiro atoms. The molecular weight excluding hydrogens is 410 g/mol. The zero-order valence-corrected chi connectivity index (χ0v) is 20.1. The highest BCUT2D eigenvalue weighted by Gasteiger charge is 2.49. The third-order valence-electron chi connectivity index (χ3n) is 8.22. The molecule has 1 aromatic heterocycles. The van der Waals surface area contributed by atoms with Crippen LogP contribution in [-0.2, 0) is 12.1 Å². The molecule has 2 amide bonds. The van der Waals surface area contributed by atoms with Crippen molar-refractivity contribution in [2.24, 2.45) is 0 Å². The maximum absolute atomic E-state index is 13.0. The minimum atomic E-state index is -0.117. The lowest BCUT2D eigenvalue weighted by molar-refractivity contribution is 0.0617. The van der Waals surface area contributed by atoms with E-state index in [0.717, 1.165) is 51.1 Å². The Balaban J connectivity index is 1.27. The van der Waals surface area contributed by atoms with E-state index in [2.05, 4.69) is 76.7 Å². The quantitative estimate of drug-likeness (QED) is 0.740. The first kappa shape index (κ1) is 22.2. The molecule has 1 N–H and O–H groups in total. The Morgan fingerprint density at radius 2 is 1.73 bits per heavy atom. The largest absolute Gasteiger partial charge is 0.357 e. The third kappa shape index (κ3) is 4.33. The van der Waals surface area contributed by atoms with E-state index in [4.69, 9.17) is 0 Å². The summed E-state index contributed by atoms with van der Waals surface area (Å²) >= 11 is 0. The summed E-state index contributed by atoms with van der Waals surface area (Å²) in [6.07, 6.45) is 9.77. The van der Waals surface area contributed by atoms with Crippen LogP contribution in [0.3, 0.4) is 0 Å². The Kier molecular flexibility index (Phi) is 6.04. The van der Waals surface area contributed by atoms with E-state index in [1.165, 1.54) is 30.4 Å². The summed E-state index contributed by atoms with van der Waals surface area (Å²) in [6.45, 7) is 3.59. The molecule has 6 heteroatoms. The number of nitrogens with zero attached hydrogens (tertiary/aromatic N) is 4. The molecular formula is C27H37N5O. The molecule has 2 saturated heterocycles. The molecule has 5 rings (SSSR count). The van der Waals surface area contributed by atoms with Crippen molar-refractivity contribution < 1.29 is 4.79 Å². The summed E-state index contributed by atoms with van der Waals surface area (Å²) < 4.78 is 0. The van der Waals surface area contributed by atoms with Crippen LogP contribution in [0.4, 0.5) is 10.6 Å². The Morgan fingerprint density at radius 3 is 2.42 bits per heavy atom. The van der Waals surface area contributed by atoms with Gasteiger partial charge in [0, 0.05) is 37.9 Å². The van der Waals surface area contributed by atoms with Gasteiger partial charge in [0.2, 0.25) is 0 Å². The molecule has 1 aliphatic carbocycles. The maximum atomic E-state index is 13.0. The lowest BCUT2D eigenvalue weighted by atomic mass is 9.69. The summed E-state index contributed by atoms with van der Waals surface area (Å²) in [5.41, 5.74) is 2.47. The van der Waals surface area contributed by atoms with Crippen molar-refractivity contribution in [2.75, 3.05) is 38.6 Å². The van der Waals surface area contributed by atoms with Gasteiger partial charge in [-0.1, -0.05) is 30.3 Å². The molecule has 0 bridgehead atoms. The number of hydrogen-bond donors (Lipinski definition) is 1. The van der Waals surface area contributed by atoms with Crippen LogP contribution in [-0.4, -0.2) is 60.1 Å². The summed E-state index contributed by atoms with van der Waals surface area (Å²) in [5.74, 6) is 1.05. The third-order valence-corrected chi connectivity index (χ3v) is 8.22. The number of piperidine rings is 1. The molecule has 2 aromatic rings. The van der Waals surface area contributed by atoms with Gasteiger partial charge in [-0.15, -0.1) is 0 Å². The molecule has 3 fully saturated rings. The van der Waals surface area contributed by atoms with E-state index < -0.39 is 0 Å². The second kappa shape index (κ2) is 8.98. The molecule has 0 atom stereocenters. The lowest BCUT2D eigenvalue weighted by Gasteiger charge is -2.48. The Labute approximate surface area is 198 Å². The standard InChI is InChI=1S/C27H37N5O/c1-30(2)27(23-9-5-3-6-10-23)14-12-26(13-15-27)21-32(25(33)29-26)20-22-11-16-28-24(19-22)31-17-7-4-8-18-31/h3,5-6,9-11,16,19H,4,7-8,12-15,17-18,20-21H2,1-2H3,(H,29,33)/t26-,27+. The highest BCUT2D eigenvalue weighted by atomic mass is 16.2. The van der Waals surface area contributed by atoms with E-state index in [-0.39, 0.29) is 17.1 Å². The Hall–Kier alpha value is -2.60. The molecule has 0 unspecified atom stereocenters. The van der Waals surface area contributed by atoms with Crippen molar-refractivity contribution >= 4 is 11.8 Å². The van der Waals surface area contributed by atoms with Crippen molar-refractivity contribution in [3.63, 3.8) is 0 Å². The van der Waals surface area contributed by atoms with Crippen molar-refractivity contribution in [1.82, 2.24) is 20.1 Å². The van der Waals surface area contributed by atoms with Crippen LogP contribution >= 0.6 is 0 Å². The molecule has 33 heavy (non-hydrogen) atoms. The fourth-order valence-electron chi connectivity index (χ4n) is 6.15. The number of hydrogen-bond acceptors (Lipinski definition) is 4. The zero-order valence-electron chi connectivity index (χ0n) is 20.1. The summed E-state index contributed by atoms with van der Waals surface area (Å²) in [6, 6.07) is 15.2. The van der Waals surface area contributed by atoms with Crippen LogP contribution in [0.1, 0.15) is 56.1 Å². The van der Waals surface area contributed by atoms with E-state index >= 15 is 0 Å². The van der Waals surface area contributed by atoms with Gasteiger partial charge in [-0.2, -0.15) is 0 Å². The first-order chi connectivity index (χ1) is 16.0. The predicted octanol–water partition coefficient (Wildman–Crippen LogP) is 4.37. The highest BCUT2D eigenvalue weighted by Crippen LogP contribution is 2.46. The average molecular weight is 448 g/mol. The number of rotatable bonds is 5. The fraction of sp³-hybridized carbons (Fsp3) is 0.556. The number of anilines is 1. The number of pyridine rings is 1. The second-order valence-electron chi connectivity index (χ2n) is 10.4. The van der Waals surface area contributed by atoms with Crippen molar-refractivity contribution in [3.05, 3.63) is 59.8 Å². The monoisotopic (exact) mass is 447 g/mol. The first-order valence-electron chi connectivity index (χ1n) is 12.5. The van der Waals surface area contributed by atoms with E-state index in [1.54, 1.807) is 0 Å². The van der Waals surface area contributed by atoms with Crippen LogP contribution in [0.25, 0.3) is 0 Å². The van der Waals surface area contributed by atoms with Crippen LogP contribution in [0, 0.1) is 0 Å². The molecule has 2 aliphatic heterocycles. The second-order valence-corrected chi connectivity index (χ2v) is 10.4. The maximum Gasteiger partial charge on any atom is 0.318 e. The van der Waals surface area contributed by atoms with Crippen LogP contribution in [0.2, 0.25) is 0 Å². The van der Waals surface area contributed by atoms with Crippen LogP contribution in [0.5, 0.6) is 0 Å². The molecule has 1 saturated carbocycles. The molecule has 6 nitrogen and oxygen atoms in total. The Morgan fingerprint density at radius 1 is 1.00 bits per heavy atom. The molecule has 3 aliphatic rings. The molecule has 0 radical (unpaired) electrons. The highest BCUT2D eigenvalue weighted by molar-refractivity contribution is 5.78. The number of carbonyl (C=O) groups excluding carboxylic acids is 1. The van der Waals surface area contributed by atoms with Gasteiger partial charge in [-0.3, -0.25) is 4.90 Å². The first-order valence-corrected chi connectivity index (χ1v) is 12.5. The number of amides is 2. The van der Waals surface area contributed by atoms with E-state index in [0.29, 0.717) is 6.54 Å².